The largest absolute Gasteiger partial charge is 0.253 e. The highest BCUT2D eigenvalue weighted by molar-refractivity contribution is 7.89. The van der Waals surface area contributed by atoms with E-state index in [1.54, 1.807) is 24.3 Å². The lowest BCUT2D eigenvalue weighted by Gasteiger charge is -2.35. The van der Waals surface area contributed by atoms with Crippen LogP contribution in [0.4, 0.5) is 0 Å². The van der Waals surface area contributed by atoms with Gasteiger partial charge in [-0.1, -0.05) is 90.0 Å². The molecule has 0 radical (unpaired) electrons. The second-order valence-electron chi connectivity index (χ2n) is 8.07. The molecule has 0 fully saturated rings. The fourth-order valence-corrected chi connectivity index (χ4v) is 4.50. The molecular formula is C26H30N2O2S. The van der Waals surface area contributed by atoms with E-state index in [-0.39, 0.29) is 4.90 Å². The standard InChI is InChI=1S/C26H30N2O2S/c1-21(2)18-19-26(23-10-6-4-7-11-23,24-12-8-5-9-13-24)20-27-28-31(29,30)25-16-14-22(3)15-17-25/h4-18,27-28H,19-20H2,1-3H3. The quantitative estimate of drug-likeness (QED) is 0.363. The summed E-state index contributed by atoms with van der Waals surface area (Å²) >= 11 is 0. The first-order chi connectivity index (χ1) is 14.8. The van der Waals surface area contributed by atoms with Gasteiger partial charge in [-0.2, -0.15) is 0 Å². The van der Waals surface area contributed by atoms with E-state index in [4.69, 9.17) is 0 Å². The van der Waals surface area contributed by atoms with Crippen molar-refractivity contribution in [2.75, 3.05) is 6.54 Å². The summed E-state index contributed by atoms with van der Waals surface area (Å²) in [6.07, 6.45) is 2.94. The number of rotatable bonds is 9. The van der Waals surface area contributed by atoms with E-state index in [1.165, 1.54) is 5.57 Å². The van der Waals surface area contributed by atoms with Crippen molar-refractivity contribution in [3.8, 4) is 0 Å². The van der Waals surface area contributed by atoms with Gasteiger partial charge in [0, 0.05) is 12.0 Å². The van der Waals surface area contributed by atoms with Gasteiger partial charge in [0.2, 0.25) is 0 Å². The zero-order chi connectivity index (χ0) is 22.3. The highest BCUT2D eigenvalue weighted by Crippen LogP contribution is 2.36. The van der Waals surface area contributed by atoms with Crippen molar-refractivity contribution in [2.24, 2.45) is 0 Å². The molecule has 5 heteroatoms. The van der Waals surface area contributed by atoms with Crippen molar-refractivity contribution in [3.63, 3.8) is 0 Å². The first kappa shape index (κ1) is 22.9. The molecule has 0 aliphatic heterocycles. The van der Waals surface area contributed by atoms with E-state index in [0.717, 1.165) is 23.1 Å². The molecule has 162 valence electrons. The van der Waals surface area contributed by atoms with E-state index in [1.807, 2.05) is 43.3 Å². The summed E-state index contributed by atoms with van der Waals surface area (Å²) in [7, 11) is -3.67. The second-order valence-corrected chi connectivity index (χ2v) is 9.75. The molecule has 2 N–H and O–H groups in total. The van der Waals surface area contributed by atoms with Crippen molar-refractivity contribution in [1.29, 1.82) is 0 Å². The van der Waals surface area contributed by atoms with Crippen molar-refractivity contribution in [3.05, 3.63) is 113 Å². The van der Waals surface area contributed by atoms with Crippen molar-refractivity contribution in [1.82, 2.24) is 10.3 Å². The smallest absolute Gasteiger partial charge is 0.243 e. The van der Waals surface area contributed by atoms with Crippen molar-refractivity contribution >= 4 is 10.0 Å². The van der Waals surface area contributed by atoms with E-state index in [0.29, 0.717) is 6.54 Å². The maximum atomic E-state index is 12.8. The molecule has 3 aromatic carbocycles. The fourth-order valence-electron chi connectivity index (χ4n) is 3.63. The number of nitrogens with one attached hydrogen (secondary N) is 2. The second kappa shape index (κ2) is 10.1. The van der Waals surface area contributed by atoms with Gasteiger partial charge in [0.25, 0.3) is 10.0 Å². The number of hydrazine groups is 1. The minimum Gasteiger partial charge on any atom is -0.243 e. The van der Waals surface area contributed by atoms with Gasteiger partial charge in [0.1, 0.15) is 0 Å². The highest BCUT2D eigenvalue weighted by Gasteiger charge is 2.33. The number of aryl methyl sites for hydroxylation is 1. The van der Waals surface area contributed by atoms with Gasteiger partial charge in [-0.05, 0) is 50.5 Å². The average molecular weight is 435 g/mol. The summed E-state index contributed by atoms with van der Waals surface area (Å²) in [4.78, 5) is 2.81. The van der Waals surface area contributed by atoms with Gasteiger partial charge in [0.15, 0.2) is 0 Å². The molecule has 4 nitrogen and oxygen atoms in total. The lowest BCUT2D eigenvalue weighted by molar-refractivity contribution is 0.450. The van der Waals surface area contributed by atoms with Gasteiger partial charge < -0.3 is 0 Å². The summed E-state index contributed by atoms with van der Waals surface area (Å²) in [5.74, 6) is 0. The van der Waals surface area contributed by atoms with Crippen LogP contribution < -0.4 is 10.3 Å². The first-order valence-electron chi connectivity index (χ1n) is 10.4. The van der Waals surface area contributed by atoms with Gasteiger partial charge >= 0.3 is 0 Å². The number of benzene rings is 3. The van der Waals surface area contributed by atoms with Crippen LogP contribution in [0.25, 0.3) is 0 Å². The molecule has 0 atom stereocenters. The molecule has 0 saturated heterocycles. The van der Waals surface area contributed by atoms with Gasteiger partial charge in [-0.3, -0.25) is 0 Å². The Labute approximate surface area is 186 Å². The minimum atomic E-state index is -3.67. The van der Waals surface area contributed by atoms with Crippen LogP contribution in [-0.2, 0) is 15.4 Å². The number of hydrogen-bond acceptors (Lipinski definition) is 3. The molecule has 0 saturated carbocycles. The average Bonchev–Trinajstić information content (AvgIpc) is 2.77. The lowest BCUT2D eigenvalue weighted by Crippen LogP contribution is -2.47. The van der Waals surface area contributed by atoms with Crippen molar-refractivity contribution < 1.29 is 8.42 Å². The molecule has 0 heterocycles. The van der Waals surface area contributed by atoms with Crippen molar-refractivity contribution in [2.45, 2.75) is 37.5 Å². The molecule has 0 aliphatic carbocycles. The monoisotopic (exact) mass is 434 g/mol. The van der Waals surface area contributed by atoms with E-state index >= 15 is 0 Å². The molecule has 31 heavy (non-hydrogen) atoms. The first-order valence-corrected chi connectivity index (χ1v) is 11.9. The summed E-state index contributed by atoms with van der Waals surface area (Å²) in [6, 6.07) is 27.3. The highest BCUT2D eigenvalue weighted by atomic mass is 32.2. The fraction of sp³-hybridized carbons (Fsp3) is 0.231. The summed E-state index contributed by atoms with van der Waals surface area (Å²) in [5.41, 5.74) is 7.08. The van der Waals surface area contributed by atoms with E-state index in [9.17, 15) is 8.42 Å². The lowest BCUT2D eigenvalue weighted by atomic mass is 9.71. The van der Waals surface area contributed by atoms with Gasteiger partial charge in [-0.25, -0.2) is 13.8 Å². The third-order valence-corrected chi connectivity index (χ3v) is 6.75. The van der Waals surface area contributed by atoms with E-state index < -0.39 is 15.4 Å². The zero-order valence-electron chi connectivity index (χ0n) is 18.3. The molecule has 3 rings (SSSR count). The third-order valence-electron chi connectivity index (χ3n) is 5.44. The third kappa shape index (κ3) is 5.70. The van der Waals surface area contributed by atoms with Crippen LogP contribution in [0.1, 0.15) is 37.0 Å². The maximum Gasteiger partial charge on any atom is 0.253 e. The van der Waals surface area contributed by atoms with E-state index in [2.05, 4.69) is 54.4 Å². The predicted molar refractivity (Wildman–Crippen MR) is 127 cm³/mol. The number of hydrogen-bond donors (Lipinski definition) is 2. The normalized spacial score (nSPS) is 11.8. The van der Waals surface area contributed by atoms with Gasteiger partial charge in [-0.15, -0.1) is 4.83 Å². The van der Waals surface area contributed by atoms with Crippen LogP contribution in [0.15, 0.2) is 101 Å². The Morgan fingerprint density at radius 3 is 1.84 bits per heavy atom. The molecule has 0 unspecified atom stereocenters. The number of sulfonamides is 1. The summed E-state index contributed by atoms with van der Waals surface area (Å²) in [5, 5.41) is 0. The summed E-state index contributed by atoms with van der Waals surface area (Å²) < 4.78 is 25.6. The molecule has 0 aliphatic rings. The Morgan fingerprint density at radius 2 is 1.35 bits per heavy atom. The SMILES string of the molecule is CC(C)=CCC(CNNS(=O)(=O)c1ccc(C)cc1)(c1ccccc1)c1ccccc1. The zero-order valence-corrected chi connectivity index (χ0v) is 19.1. The van der Waals surface area contributed by atoms with Crippen LogP contribution >= 0.6 is 0 Å². The molecule has 0 spiro atoms. The molecular weight excluding hydrogens is 404 g/mol. The van der Waals surface area contributed by atoms with Crippen LogP contribution in [0.3, 0.4) is 0 Å². The number of allylic oxidation sites excluding steroid dienone is 2. The molecule has 3 aromatic rings. The molecule has 0 bridgehead atoms. The Morgan fingerprint density at radius 1 is 0.839 bits per heavy atom. The molecule has 0 amide bonds. The molecule has 0 aromatic heterocycles. The Balaban J connectivity index is 1.94. The summed E-state index contributed by atoms with van der Waals surface area (Å²) in [6.45, 7) is 6.48. The minimum absolute atomic E-state index is 0.236. The van der Waals surface area contributed by atoms with Crippen LogP contribution in [0.5, 0.6) is 0 Å². The van der Waals surface area contributed by atoms with Gasteiger partial charge in [0.05, 0.1) is 4.90 Å². The maximum absolute atomic E-state index is 12.8. The Hall–Kier alpha value is -2.73. The van der Waals surface area contributed by atoms with Crippen LogP contribution in [0, 0.1) is 6.92 Å². The predicted octanol–water partition coefficient (Wildman–Crippen LogP) is 5.12. The topological polar surface area (TPSA) is 58.2 Å². The van der Waals surface area contributed by atoms with Crippen LogP contribution in [0.2, 0.25) is 0 Å². The van der Waals surface area contributed by atoms with Crippen LogP contribution in [-0.4, -0.2) is 15.0 Å². The Kier molecular flexibility index (Phi) is 7.44. The Bertz CT molecular complexity index is 1060.